The Labute approximate surface area is 121 Å². The minimum Gasteiger partial charge on any atom is -0.320 e. The third-order valence-electron chi connectivity index (χ3n) is 3.64. The number of hydrogen-bond donors (Lipinski definition) is 2. The number of rotatable bonds is 8. The number of sulfonamides is 1. The molecule has 0 spiro atoms. The Kier molecular flexibility index (Phi) is 4.82. The van der Waals surface area contributed by atoms with Crippen molar-refractivity contribution >= 4 is 10.0 Å². The maximum Gasteiger partial charge on any atom is 0.244 e. The van der Waals surface area contributed by atoms with Crippen molar-refractivity contribution in [3.05, 3.63) is 11.4 Å². The molecule has 2 N–H and O–H groups in total. The molecule has 1 aliphatic carbocycles. The highest BCUT2D eigenvalue weighted by molar-refractivity contribution is 7.89. The van der Waals surface area contributed by atoms with Crippen LogP contribution in [0, 0.1) is 19.8 Å². The largest absolute Gasteiger partial charge is 0.320 e. The first kappa shape index (κ1) is 15.5. The Morgan fingerprint density at radius 3 is 2.65 bits per heavy atom. The summed E-state index contributed by atoms with van der Waals surface area (Å²) in [6.45, 7) is 5.75. The summed E-state index contributed by atoms with van der Waals surface area (Å²) in [7, 11) is -1.53. The zero-order valence-corrected chi connectivity index (χ0v) is 13.3. The van der Waals surface area contributed by atoms with Crippen molar-refractivity contribution in [2.24, 2.45) is 5.92 Å². The molecule has 2 rings (SSSR count). The first-order chi connectivity index (χ1) is 9.45. The SMILES string of the molecule is CNCCCn1nc(C)c(S(=O)(=O)NCC2CC2)c1C. The van der Waals surface area contributed by atoms with Crippen molar-refractivity contribution in [2.45, 2.75) is 44.6 Å². The minimum absolute atomic E-state index is 0.350. The lowest BCUT2D eigenvalue weighted by Gasteiger charge is -2.07. The van der Waals surface area contributed by atoms with Gasteiger partial charge in [0.1, 0.15) is 4.90 Å². The zero-order valence-electron chi connectivity index (χ0n) is 12.4. The molecule has 0 aliphatic heterocycles. The maximum atomic E-state index is 12.4. The molecule has 6 nitrogen and oxygen atoms in total. The number of aromatic nitrogens is 2. The molecule has 1 aromatic heterocycles. The van der Waals surface area contributed by atoms with Crippen molar-refractivity contribution in [1.29, 1.82) is 0 Å². The Morgan fingerprint density at radius 2 is 2.05 bits per heavy atom. The predicted molar refractivity (Wildman–Crippen MR) is 78.2 cm³/mol. The highest BCUT2D eigenvalue weighted by Crippen LogP contribution is 2.28. The van der Waals surface area contributed by atoms with E-state index >= 15 is 0 Å². The van der Waals surface area contributed by atoms with E-state index in [9.17, 15) is 8.42 Å². The Bertz CT molecular complexity index is 561. The Morgan fingerprint density at radius 1 is 1.35 bits per heavy atom. The standard InChI is InChI=1S/C13H24N4O2S/c1-10-13(20(18,19)15-9-12-5-6-12)11(2)17(16-10)8-4-7-14-3/h12,14-15H,4-9H2,1-3H3. The van der Waals surface area contributed by atoms with Gasteiger partial charge in [-0.25, -0.2) is 13.1 Å². The lowest BCUT2D eigenvalue weighted by molar-refractivity contribution is 0.545. The molecule has 7 heteroatoms. The summed E-state index contributed by atoms with van der Waals surface area (Å²) >= 11 is 0. The first-order valence-corrected chi connectivity index (χ1v) is 8.62. The van der Waals surface area contributed by atoms with E-state index in [1.807, 2.05) is 14.0 Å². The molecule has 0 radical (unpaired) electrons. The summed E-state index contributed by atoms with van der Waals surface area (Å²) in [5, 5.41) is 7.44. The van der Waals surface area contributed by atoms with Gasteiger partial charge in [-0.15, -0.1) is 0 Å². The molecular weight excluding hydrogens is 276 g/mol. The van der Waals surface area contributed by atoms with Crippen molar-refractivity contribution in [3.63, 3.8) is 0 Å². The van der Waals surface area contributed by atoms with Gasteiger partial charge in [0.05, 0.1) is 11.4 Å². The molecule has 0 bridgehead atoms. The molecule has 1 aromatic rings. The van der Waals surface area contributed by atoms with Gasteiger partial charge in [-0.3, -0.25) is 4.68 Å². The van der Waals surface area contributed by atoms with Gasteiger partial charge in [0.25, 0.3) is 0 Å². The molecule has 1 fully saturated rings. The lowest BCUT2D eigenvalue weighted by Crippen LogP contribution is -2.26. The second-order valence-corrected chi connectivity index (χ2v) is 7.18. The molecule has 0 amide bonds. The minimum atomic E-state index is -3.44. The molecule has 0 aromatic carbocycles. The van der Waals surface area contributed by atoms with Crippen LogP contribution in [0.3, 0.4) is 0 Å². The van der Waals surface area contributed by atoms with Gasteiger partial charge in [-0.1, -0.05) is 0 Å². The van der Waals surface area contributed by atoms with Gasteiger partial charge in [-0.05, 0) is 52.6 Å². The molecule has 0 saturated heterocycles. The average Bonchev–Trinajstić information content (AvgIpc) is 3.15. The van der Waals surface area contributed by atoms with Crippen LogP contribution in [0.5, 0.6) is 0 Å². The van der Waals surface area contributed by atoms with E-state index in [2.05, 4.69) is 15.1 Å². The first-order valence-electron chi connectivity index (χ1n) is 7.14. The van der Waals surface area contributed by atoms with Crippen LogP contribution in [0.4, 0.5) is 0 Å². The second-order valence-electron chi connectivity index (χ2n) is 5.48. The topological polar surface area (TPSA) is 76.0 Å². The van der Waals surface area contributed by atoms with Crippen LogP contribution in [0.2, 0.25) is 0 Å². The third kappa shape index (κ3) is 3.59. The van der Waals surface area contributed by atoms with E-state index < -0.39 is 10.0 Å². The number of nitrogens with zero attached hydrogens (tertiary/aromatic N) is 2. The van der Waals surface area contributed by atoms with Gasteiger partial charge in [0.15, 0.2) is 0 Å². The van der Waals surface area contributed by atoms with Gasteiger partial charge >= 0.3 is 0 Å². The quantitative estimate of drug-likeness (QED) is 0.696. The predicted octanol–water partition coefficient (Wildman–Crippen LogP) is 0.798. The molecular formula is C13H24N4O2S. The van der Waals surface area contributed by atoms with Gasteiger partial charge in [0.2, 0.25) is 10.0 Å². The van der Waals surface area contributed by atoms with Crippen LogP contribution in [0.25, 0.3) is 0 Å². The number of aryl methyl sites for hydroxylation is 2. The van der Waals surface area contributed by atoms with E-state index in [1.54, 1.807) is 11.6 Å². The maximum absolute atomic E-state index is 12.4. The van der Waals surface area contributed by atoms with E-state index in [0.29, 0.717) is 23.1 Å². The zero-order chi connectivity index (χ0) is 14.8. The Hall–Kier alpha value is -0.920. The lowest BCUT2D eigenvalue weighted by atomic mass is 10.4. The molecule has 0 atom stereocenters. The van der Waals surface area contributed by atoms with E-state index in [-0.39, 0.29) is 0 Å². The second kappa shape index (κ2) is 6.24. The number of hydrogen-bond acceptors (Lipinski definition) is 4. The van der Waals surface area contributed by atoms with E-state index in [0.717, 1.165) is 38.0 Å². The van der Waals surface area contributed by atoms with Crippen LogP contribution >= 0.6 is 0 Å². The summed E-state index contributed by atoms with van der Waals surface area (Å²) in [5.74, 6) is 0.524. The van der Waals surface area contributed by atoms with E-state index in [1.165, 1.54) is 0 Å². The van der Waals surface area contributed by atoms with Crippen LogP contribution in [0.15, 0.2) is 4.90 Å². The monoisotopic (exact) mass is 300 g/mol. The normalized spacial score (nSPS) is 15.8. The summed E-state index contributed by atoms with van der Waals surface area (Å²) < 4.78 is 29.2. The van der Waals surface area contributed by atoms with Gasteiger partial charge in [0, 0.05) is 13.1 Å². The number of nitrogens with one attached hydrogen (secondary N) is 2. The van der Waals surface area contributed by atoms with Crippen LogP contribution < -0.4 is 10.0 Å². The van der Waals surface area contributed by atoms with E-state index in [4.69, 9.17) is 0 Å². The summed E-state index contributed by atoms with van der Waals surface area (Å²) in [4.78, 5) is 0.350. The van der Waals surface area contributed by atoms with Crippen molar-refractivity contribution in [3.8, 4) is 0 Å². The van der Waals surface area contributed by atoms with Crippen molar-refractivity contribution in [2.75, 3.05) is 20.1 Å². The van der Waals surface area contributed by atoms with Crippen LogP contribution in [0.1, 0.15) is 30.7 Å². The fraction of sp³-hybridized carbons (Fsp3) is 0.769. The summed E-state index contributed by atoms with van der Waals surface area (Å²) in [6, 6.07) is 0. The Balaban J connectivity index is 2.13. The summed E-state index contributed by atoms with van der Waals surface area (Å²) in [6.07, 6.45) is 3.18. The fourth-order valence-electron chi connectivity index (χ4n) is 2.31. The molecule has 1 saturated carbocycles. The highest BCUT2D eigenvalue weighted by atomic mass is 32.2. The highest BCUT2D eigenvalue weighted by Gasteiger charge is 2.28. The smallest absolute Gasteiger partial charge is 0.244 e. The summed E-state index contributed by atoms with van der Waals surface area (Å²) in [5.41, 5.74) is 1.30. The van der Waals surface area contributed by atoms with Crippen LogP contribution in [-0.4, -0.2) is 38.3 Å². The molecule has 1 heterocycles. The van der Waals surface area contributed by atoms with Gasteiger partial charge in [-0.2, -0.15) is 5.10 Å². The van der Waals surface area contributed by atoms with Gasteiger partial charge < -0.3 is 5.32 Å². The molecule has 1 aliphatic rings. The van der Waals surface area contributed by atoms with Crippen molar-refractivity contribution in [1.82, 2.24) is 19.8 Å². The molecule has 20 heavy (non-hydrogen) atoms. The molecule has 0 unspecified atom stereocenters. The van der Waals surface area contributed by atoms with Crippen LogP contribution in [-0.2, 0) is 16.6 Å². The third-order valence-corrected chi connectivity index (χ3v) is 5.31. The fourth-order valence-corrected chi connectivity index (χ4v) is 3.84. The van der Waals surface area contributed by atoms with Crippen molar-refractivity contribution < 1.29 is 8.42 Å². The average molecular weight is 300 g/mol. The molecule has 114 valence electrons.